The molecule has 3 aromatic rings. The Morgan fingerprint density at radius 2 is 1.63 bits per heavy atom. The molecule has 0 aliphatic rings. The Labute approximate surface area is 175 Å². The van der Waals surface area contributed by atoms with Crippen molar-refractivity contribution in [3.05, 3.63) is 89.0 Å². The number of rotatable bonds is 8. The number of aryl methyl sites for hydroxylation is 2. The van der Waals surface area contributed by atoms with Crippen molar-refractivity contribution in [1.82, 2.24) is 0 Å². The van der Waals surface area contributed by atoms with Crippen molar-refractivity contribution >= 4 is 23.3 Å². The Morgan fingerprint density at radius 1 is 0.933 bits per heavy atom. The van der Waals surface area contributed by atoms with E-state index in [1.54, 1.807) is 18.2 Å². The lowest BCUT2D eigenvalue weighted by molar-refractivity contribution is -0.118. The van der Waals surface area contributed by atoms with E-state index in [0.717, 1.165) is 28.1 Å². The van der Waals surface area contributed by atoms with Gasteiger partial charge >= 0.3 is 5.97 Å². The fourth-order valence-electron chi connectivity index (χ4n) is 2.88. The van der Waals surface area contributed by atoms with Crippen molar-refractivity contribution in [2.24, 2.45) is 0 Å². The molecule has 3 N–H and O–H groups in total. The second kappa shape index (κ2) is 9.60. The standard InChI is InChI=1S/C24H24N2O4/c1-16-3-8-20(9-4-16)26-23(27)15-30-21-10-5-18(6-11-21)14-25-22-12-7-19(24(28)29)13-17(22)2/h3-13,25H,14-15H2,1-2H3,(H,26,27)(H,28,29). The second-order valence-corrected chi connectivity index (χ2v) is 7.04. The van der Waals surface area contributed by atoms with Crippen LogP contribution in [0.4, 0.5) is 11.4 Å². The number of benzene rings is 3. The van der Waals surface area contributed by atoms with Gasteiger partial charge in [0, 0.05) is 17.9 Å². The molecule has 0 heterocycles. The summed E-state index contributed by atoms with van der Waals surface area (Å²) >= 11 is 0. The van der Waals surface area contributed by atoms with Crippen molar-refractivity contribution in [3.63, 3.8) is 0 Å². The van der Waals surface area contributed by atoms with Crippen LogP contribution in [-0.2, 0) is 11.3 Å². The van der Waals surface area contributed by atoms with Gasteiger partial charge in [0.1, 0.15) is 5.75 Å². The summed E-state index contributed by atoms with van der Waals surface area (Å²) < 4.78 is 5.55. The molecule has 6 nitrogen and oxygen atoms in total. The van der Waals surface area contributed by atoms with Crippen molar-refractivity contribution in [2.75, 3.05) is 17.2 Å². The lowest BCUT2D eigenvalue weighted by atomic mass is 10.1. The van der Waals surface area contributed by atoms with Gasteiger partial charge in [-0.15, -0.1) is 0 Å². The first kappa shape index (κ1) is 20.9. The van der Waals surface area contributed by atoms with Gasteiger partial charge in [-0.1, -0.05) is 29.8 Å². The topological polar surface area (TPSA) is 87.7 Å². The molecule has 0 fully saturated rings. The number of ether oxygens (including phenoxy) is 1. The quantitative estimate of drug-likeness (QED) is 0.509. The van der Waals surface area contributed by atoms with Crippen molar-refractivity contribution < 1.29 is 19.4 Å². The zero-order valence-corrected chi connectivity index (χ0v) is 16.9. The highest BCUT2D eigenvalue weighted by molar-refractivity contribution is 5.91. The summed E-state index contributed by atoms with van der Waals surface area (Å²) in [6.07, 6.45) is 0. The smallest absolute Gasteiger partial charge is 0.335 e. The van der Waals surface area contributed by atoms with Crippen LogP contribution in [0.25, 0.3) is 0 Å². The summed E-state index contributed by atoms with van der Waals surface area (Å²) in [7, 11) is 0. The van der Waals surface area contributed by atoms with E-state index >= 15 is 0 Å². The van der Waals surface area contributed by atoms with Gasteiger partial charge in [-0.05, 0) is 67.4 Å². The molecule has 0 aromatic heterocycles. The van der Waals surface area contributed by atoms with E-state index in [9.17, 15) is 9.59 Å². The van der Waals surface area contributed by atoms with E-state index in [1.807, 2.05) is 62.4 Å². The van der Waals surface area contributed by atoms with E-state index in [0.29, 0.717) is 12.3 Å². The third kappa shape index (κ3) is 5.85. The molecular weight excluding hydrogens is 380 g/mol. The van der Waals surface area contributed by atoms with Gasteiger partial charge in [0.15, 0.2) is 6.61 Å². The molecule has 3 aromatic carbocycles. The van der Waals surface area contributed by atoms with Crippen LogP contribution in [0.5, 0.6) is 5.75 Å². The van der Waals surface area contributed by atoms with Gasteiger partial charge in [-0.3, -0.25) is 4.79 Å². The Bertz CT molecular complexity index is 1030. The van der Waals surface area contributed by atoms with Gasteiger partial charge in [0.25, 0.3) is 5.91 Å². The highest BCUT2D eigenvalue weighted by atomic mass is 16.5. The molecule has 154 valence electrons. The molecule has 0 aliphatic carbocycles. The van der Waals surface area contributed by atoms with Crippen LogP contribution in [0.1, 0.15) is 27.0 Å². The lowest BCUT2D eigenvalue weighted by Crippen LogP contribution is -2.20. The molecule has 0 saturated heterocycles. The first-order valence-corrected chi connectivity index (χ1v) is 9.57. The zero-order valence-electron chi connectivity index (χ0n) is 16.9. The number of anilines is 2. The van der Waals surface area contributed by atoms with Gasteiger partial charge < -0.3 is 20.5 Å². The van der Waals surface area contributed by atoms with Gasteiger partial charge in [-0.2, -0.15) is 0 Å². The van der Waals surface area contributed by atoms with Crippen molar-refractivity contribution in [2.45, 2.75) is 20.4 Å². The number of carboxylic acids is 1. The molecule has 3 rings (SSSR count). The van der Waals surface area contributed by atoms with Crippen molar-refractivity contribution in [3.8, 4) is 5.75 Å². The lowest BCUT2D eigenvalue weighted by Gasteiger charge is -2.11. The molecule has 0 saturated carbocycles. The molecule has 0 aliphatic heterocycles. The van der Waals surface area contributed by atoms with Crippen LogP contribution in [-0.4, -0.2) is 23.6 Å². The van der Waals surface area contributed by atoms with Crippen LogP contribution in [0.3, 0.4) is 0 Å². The number of hydrogen-bond donors (Lipinski definition) is 3. The molecule has 0 unspecified atom stereocenters. The molecule has 1 amide bonds. The highest BCUT2D eigenvalue weighted by Crippen LogP contribution is 2.19. The predicted molar refractivity (Wildman–Crippen MR) is 117 cm³/mol. The fourth-order valence-corrected chi connectivity index (χ4v) is 2.88. The Hall–Kier alpha value is -3.80. The number of amides is 1. The van der Waals surface area contributed by atoms with E-state index < -0.39 is 5.97 Å². The first-order chi connectivity index (χ1) is 14.4. The predicted octanol–water partition coefficient (Wildman–Crippen LogP) is 4.63. The third-order valence-corrected chi connectivity index (χ3v) is 4.58. The minimum Gasteiger partial charge on any atom is -0.484 e. The molecule has 0 atom stereocenters. The summed E-state index contributed by atoms with van der Waals surface area (Å²) in [5, 5.41) is 15.1. The highest BCUT2D eigenvalue weighted by Gasteiger charge is 2.06. The minimum absolute atomic E-state index is 0.0689. The number of aromatic carboxylic acids is 1. The largest absolute Gasteiger partial charge is 0.484 e. The maximum Gasteiger partial charge on any atom is 0.335 e. The van der Waals surface area contributed by atoms with Gasteiger partial charge in [-0.25, -0.2) is 4.79 Å². The normalized spacial score (nSPS) is 10.3. The number of hydrogen-bond acceptors (Lipinski definition) is 4. The average Bonchev–Trinajstić information content (AvgIpc) is 2.73. The monoisotopic (exact) mass is 404 g/mol. The Kier molecular flexibility index (Phi) is 6.70. The molecule has 0 spiro atoms. The Balaban J connectivity index is 1.48. The summed E-state index contributed by atoms with van der Waals surface area (Å²) in [5.74, 6) is -0.544. The molecule has 6 heteroatoms. The van der Waals surface area contributed by atoms with E-state index in [1.165, 1.54) is 0 Å². The van der Waals surface area contributed by atoms with Gasteiger partial charge in [0.2, 0.25) is 0 Å². The fraction of sp³-hybridized carbons (Fsp3) is 0.167. The van der Waals surface area contributed by atoms with E-state index in [2.05, 4.69) is 10.6 Å². The summed E-state index contributed by atoms with van der Waals surface area (Å²) in [6, 6.07) is 20.0. The van der Waals surface area contributed by atoms with Crippen LogP contribution in [0.15, 0.2) is 66.7 Å². The Morgan fingerprint density at radius 3 is 2.27 bits per heavy atom. The summed E-state index contributed by atoms with van der Waals surface area (Å²) in [5.41, 5.74) is 4.93. The number of carbonyl (C=O) groups excluding carboxylic acids is 1. The SMILES string of the molecule is Cc1ccc(NC(=O)COc2ccc(CNc3ccc(C(=O)O)cc3C)cc2)cc1. The van der Waals surface area contributed by atoms with Gasteiger partial charge in [0.05, 0.1) is 5.56 Å². The van der Waals surface area contributed by atoms with E-state index in [4.69, 9.17) is 9.84 Å². The first-order valence-electron chi connectivity index (χ1n) is 9.57. The average molecular weight is 404 g/mol. The molecule has 0 radical (unpaired) electrons. The number of carbonyl (C=O) groups is 2. The van der Waals surface area contributed by atoms with Crippen LogP contribution in [0.2, 0.25) is 0 Å². The maximum atomic E-state index is 12.0. The van der Waals surface area contributed by atoms with Crippen molar-refractivity contribution in [1.29, 1.82) is 0 Å². The van der Waals surface area contributed by atoms with Crippen LogP contribution < -0.4 is 15.4 Å². The minimum atomic E-state index is -0.937. The van der Waals surface area contributed by atoms with E-state index in [-0.39, 0.29) is 18.1 Å². The second-order valence-electron chi connectivity index (χ2n) is 7.04. The summed E-state index contributed by atoms with van der Waals surface area (Å²) in [6.45, 7) is 4.37. The number of carboxylic acid groups (broad SMARTS) is 1. The van der Waals surface area contributed by atoms with Crippen LogP contribution >= 0.6 is 0 Å². The molecule has 0 bridgehead atoms. The van der Waals surface area contributed by atoms with Crippen LogP contribution in [0, 0.1) is 13.8 Å². The molecule has 30 heavy (non-hydrogen) atoms. The summed E-state index contributed by atoms with van der Waals surface area (Å²) in [4.78, 5) is 23.0. The zero-order chi connectivity index (χ0) is 21.5. The number of nitrogens with one attached hydrogen (secondary N) is 2. The molecular formula is C24H24N2O4. The maximum absolute atomic E-state index is 12.0. The third-order valence-electron chi connectivity index (χ3n) is 4.58.